The van der Waals surface area contributed by atoms with Gasteiger partial charge < -0.3 is 9.67 Å². The van der Waals surface area contributed by atoms with Gasteiger partial charge >= 0.3 is 0 Å². The summed E-state index contributed by atoms with van der Waals surface area (Å²) in [6.07, 6.45) is 1.52. The van der Waals surface area contributed by atoms with Crippen LogP contribution in [0.3, 0.4) is 0 Å². The standard InChI is InChI=1S/C18H13ClFNO2/c19-15-7-3-1-5-12(15)10-21-11-13(9-17(22)18(21)23)14-6-2-4-8-16(14)20/h1-9,11,22H,10H2. The maximum Gasteiger partial charge on any atom is 0.292 e. The maximum absolute atomic E-state index is 13.9. The van der Waals surface area contributed by atoms with Crippen molar-refractivity contribution in [3.63, 3.8) is 0 Å². The molecule has 3 rings (SSSR count). The van der Waals surface area contributed by atoms with Crippen LogP contribution in [0.1, 0.15) is 5.56 Å². The fourth-order valence-electron chi connectivity index (χ4n) is 2.39. The second kappa shape index (κ2) is 6.26. The number of rotatable bonds is 3. The lowest BCUT2D eigenvalue weighted by atomic mass is 10.1. The van der Waals surface area contributed by atoms with Gasteiger partial charge in [0.25, 0.3) is 5.56 Å². The molecule has 0 saturated carbocycles. The molecule has 3 aromatic rings. The van der Waals surface area contributed by atoms with Crippen LogP contribution in [-0.2, 0) is 6.54 Å². The van der Waals surface area contributed by atoms with Gasteiger partial charge in [-0.2, -0.15) is 0 Å². The molecule has 0 aliphatic heterocycles. The summed E-state index contributed by atoms with van der Waals surface area (Å²) in [7, 11) is 0. The highest BCUT2D eigenvalue weighted by atomic mass is 35.5. The predicted octanol–water partition coefficient (Wildman–Crippen LogP) is 4.06. The first-order valence-electron chi connectivity index (χ1n) is 6.98. The number of aromatic nitrogens is 1. The van der Waals surface area contributed by atoms with Crippen LogP contribution >= 0.6 is 11.6 Å². The molecular weight excluding hydrogens is 317 g/mol. The van der Waals surface area contributed by atoms with E-state index in [1.54, 1.807) is 36.4 Å². The van der Waals surface area contributed by atoms with E-state index in [9.17, 15) is 14.3 Å². The molecule has 5 heteroatoms. The monoisotopic (exact) mass is 329 g/mol. The summed E-state index contributed by atoms with van der Waals surface area (Å²) in [5, 5.41) is 10.4. The van der Waals surface area contributed by atoms with Crippen LogP contribution in [0, 0.1) is 5.82 Å². The van der Waals surface area contributed by atoms with Crippen molar-refractivity contribution in [2.75, 3.05) is 0 Å². The predicted molar refractivity (Wildman–Crippen MR) is 88.3 cm³/mol. The molecule has 0 spiro atoms. The van der Waals surface area contributed by atoms with E-state index in [0.717, 1.165) is 5.56 Å². The van der Waals surface area contributed by atoms with E-state index in [0.29, 0.717) is 16.1 Å². The molecule has 1 N–H and O–H groups in total. The Labute approximate surface area is 137 Å². The molecule has 0 fully saturated rings. The van der Waals surface area contributed by atoms with E-state index in [-0.39, 0.29) is 6.54 Å². The highest BCUT2D eigenvalue weighted by Gasteiger charge is 2.11. The van der Waals surface area contributed by atoms with Crippen LogP contribution in [0.2, 0.25) is 5.02 Å². The third kappa shape index (κ3) is 3.12. The largest absolute Gasteiger partial charge is 0.503 e. The molecule has 1 aromatic heterocycles. The number of hydrogen-bond acceptors (Lipinski definition) is 2. The normalized spacial score (nSPS) is 10.7. The van der Waals surface area contributed by atoms with Gasteiger partial charge in [-0.05, 0) is 23.8 Å². The Hall–Kier alpha value is -2.59. The van der Waals surface area contributed by atoms with E-state index in [1.807, 2.05) is 6.07 Å². The Bertz CT molecular complexity index is 921. The zero-order valence-corrected chi connectivity index (χ0v) is 12.8. The van der Waals surface area contributed by atoms with Gasteiger partial charge in [-0.1, -0.05) is 48.0 Å². The van der Waals surface area contributed by atoms with E-state index in [2.05, 4.69) is 0 Å². The van der Waals surface area contributed by atoms with Crippen LogP contribution in [0.25, 0.3) is 11.1 Å². The van der Waals surface area contributed by atoms with E-state index < -0.39 is 17.1 Å². The maximum atomic E-state index is 13.9. The zero-order valence-electron chi connectivity index (χ0n) is 12.0. The van der Waals surface area contributed by atoms with Crippen LogP contribution < -0.4 is 5.56 Å². The van der Waals surface area contributed by atoms with E-state index in [4.69, 9.17) is 11.6 Å². The van der Waals surface area contributed by atoms with Crippen molar-refractivity contribution in [1.82, 2.24) is 4.57 Å². The summed E-state index contributed by atoms with van der Waals surface area (Å²) < 4.78 is 15.3. The van der Waals surface area contributed by atoms with Crippen LogP contribution in [0.15, 0.2) is 65.6 Å². The number of nitrogens with zero attached hydrogens (tertiary/aromatic N) is 1. The average molecular weight is 330 g/mol. The number of aromatic hydroxyl groups is 1. The molecule has 1 heterocycles. The van der Waals surface area contributed by atoms with Gasteiger partial charge in [-0.15, -0.1) is 0 Å². The van der Waals surface area contributed by atoms with Gasteiger partial charge in [0.1, 0.15) is 5.82 Å². The van der Waals surface area contributed by atoms with Gasteiger partial charge in [0.2, 0.25) is 0 Å². The van der Waals surface area contributed by atoms with Crippen molar-refractivity contribution < 1.29 is 9.50 Å². The topological polar surface area (TPSA) is 42.2 Å². The minimum absolute atomic E-state index is 0.189. The van der Waals surface area contributed by atoms with Crippen molar-refractivity contribution >= 4 is 11.6 Å². The number of benzene rings is 2. The van der Waals surface area contributed by atoms with Crippen molar-refractivity contribution in [3.8, 4) is 16.9 Å². The second-order valence-corrected chi connectivity index (χ2v) is 5.53. The van der Waals surface area contributed by atoms with Gasteiger partial charge in [0, 0.05) is 22.3 Å². The Kier molecular flexibility index (Phi) is 4.17. The lowest BCUT2D eigenvalue weighted by molar-refractivity contribution is 0.459. The molecule has 0 aliphatic rings. The lowest BCUT2D eigenvalue weighted by Gasteiger charge is -2.11. The molecule has 0 amide bonds. The molecule has 0 aliphatic carbocycles. The van der Waals surface area contributed by atoms with Crippen LogP contribution in [-0.4, -0.2) is 9.67 Å². The minimum atomic E-state index is -0.551. The SMILES string of the molecule is O=c1c(O)cc(-c2ccccc2F)cn1Cc1ccccc1Cl. The van der Waals surface area contributed by atoms with E-state index >= 15 is 0 Å². The Morgan fingerprint density at radius 3 is 2.52 bits per heavy atom. The fourth-order valence-corrected chi connectivity index (χ4v) is 2.59. The van der Waals surface area contributed by atoms with Crippen molar-refractivity contribution in [2.45, 2.75) is 6.54 Å². The van der Waals surface area contributed by atoms with E-state index in [1.165, 1.54) is 22.9 Å². The van der Waals surface area contributed by atoms with Gasteiger partial charge in [0.15, 0.2) is 5.75 Å². The quantitative estimate of drug-likeness (QED) is 0.787. The molecule has 0 radical (unpaired) electrons. The zero-order chi connectivity index (χ0) is 16.4. The summed E-state index contributed by atoms with van der Waals surface area (Å²) in [4.78, 5) is 12.1. The molecule has 0 saturated heterocycles. The fraction of sp³-hybridized carbons (Fsp3) is 0.0556. The lowest BCUT2D eigenvalue weighted by Crippen LogP contribution is -2.20. The minimum Gasteiger partial charge on any atom is -0.503 e. The van der Waals surface area contributed by atoms with Crippen molar-refractivity contribution in [1.29, 1.82) is 0 Å². The molecular formula is C18H13ClFNO2. The van der Waals surface area contributed by atoms with Gasteiger partial charge in [-0.25, -0.2) is 4.39 Å². The molecule has 3 nitrogen and oxygen atoms in total. The summed E-state index contributed by atoms with van der Waals surface area (Å²) in [5.74, 6) is -0.854. The first-order valence-corrected chi connectivity index (χ1v) is 7.36. The highest BCUT2D eigenvalue weighted by molar-refractivity contribution is 6.31. The second-order valence-electron chi connectivity index (χ2n) is 5.12. The molecule has 0 atom stereocenters. The molecule has 0 bridgehead atoms. The third-order valence-corrected chi connectivity index (χ3v) is 3.92. The summed E-state index contributed by atoms with van der Waals surface area (Å²) >= 11 is 6.11. The summed E-state index contributed by atoms with van der Waals surface area (Å²) in [6.45, 7) is 0.189. The summed E-state index contributed by atoms with van der Waals surface area (Å²) in [5.41, 5.74) is 0.925. The summed E-state index contributed by atoms with van der Waals surface area (Å²) in [6, 6.07) is 14.6. The average Bonchev–Trinajstić information content (AvgIpc) is 2.54. The van der Waals surface area contributed by atoms with Crippen LogP contribution in [0.4, 0.5) is 4.39 Å². The van der Waals surface area contributed by atoms with Crippen molar-refractivity contribution in [3.05, 3.63) is 87.6 Å². The third-order valence-electron chi connectivity index (χ3n) is 3.55. The molecule has 116 valence electrons. The first-order chi connectivity index (χ1) is 11.1. The van der Waals surface area contributed by atoms with Gasteiger partial charge in [-0.3, -0.25) is 4.79 Å². The molecule has 0 unspecified atom stereocenters. The van der Waals surface area contributed by atoms with Gasteiger partial charge in [0.05, 0.1) is 6.54 Å². The number of pyridine rings is 1. The Morgan fingerprint density at radius 1 is 1.09 bits per heavy atom. The first kappa shape index (κ1) is 15.3. The van der Waals surface area contributed by atoms with Crippen LogP contribution in [0.5, 0.6) is 5.75 Å². The number of hydrogen-bond donors (Lipinski definition) is 1. The molecule has 2 aromatic carbocycles. The smallest absolute Gasteiger partial charge is 0.292 e. The Balaban J connectivity index is 2.10. The number of halogens is 2. The highest BCUT2D eigenvalue weighted by Crippen LogP contribution is 2.24. The molecule has 23 heavy (non-hydrogen) atoms. The Morgan fingerprint density at radius 2 is 1.78 bits per heavy atom. The van der Waals surface area contributed by atoms with Crippen molar-refractivity contribution in [2.24, 2.45) is 0 Å².